The number of benzene rings is 1. The van der Waals surface area contributed by atoms with Crippen LogP contribution in [0.1, 0.15) is 5.56 Å². The van der Waals surface area contributed by atoms with E-state index in [1.807, 2.05) is 0 Å². The Morgan fingerprint density at radius 2 is 1.71 bits per heavy atom. The maximum atomic E-state index is 12.9. The van der Waals surface area contributed by atoms with E-state index >= 15 is 0 Å². The predicted octanol–water partition coefficient (Wildman–Crippen LogP) is 3.46. The highest BCUT2D eigenvalue weighted by Crippen LogP contribution is 2.32. The quantitative estimate of drug-likeness (QED) is 0.464. The van der Waals surface area contributed by atoms with Crippen molar-refractivity contribution in [3.8, 4) is 0 Å². The van der Waals surface area contributed by atoms with Crippen LogP contribution in [0.25, 0.3) is 27.5 Å². The van der Waals surface area contributed by atoms with Crippen molar-refractivity contribution in [1.82, 2.24) is 9.38 Å². The summed E-state index contributed by atoms with van der Waals surface area (Å²) in [5.74, 6) is 0. The van der Waals surface area contributed by atoms with E-state index in [9.17, 15) is 18.0 Å². The monoisotopic (exact) mass is 288 g/mol. The minimum atomic E-state index is -4.51. The molecule has 3 nitrogen and oxygen atoms in total. The Labute approximate surface area is 115 Å². The predicted molar refractivity (Wildman–Crippen MR) is 72.7 cm³/mol. The summed E-state index contributed by atoms with van der Waals surface area (Å²) in [6, 6.07) is 8.68. The van der Waals surface area contributed by atoms with Crippen LogP contribution in [0.4, 0.5) is 13.2 Å². The third-order valence-electron chi connectivity index (χ3n) is 3.61. The van der Waals surface area contributed by atoms with Gasteiger partial charge in [0.2, 0.25) is 5.43 Å². The summed E-state index contributed by atoms with van der Waals surface area (Å²) in [5, 5.41) is 1.08. The summed E-state index contributed by atoms with van der Waals surface area (Å²) in [6.07, 6.45) is -3.02. The lowest BCUT2D eigenvalue weighted by molar-refractivity contribution is -0.137. The summed E-state index contributed by atoms with van der Waals surface area (Å²) in [7, 11) is 0. The zero-order valence-corrected chi connectivity index (χ0v) is 10.5. The van der Waals surface area contributed by atoms with Gasteiger partial charge in [0, 0.05) is 10.8 Å². The fourth-order valence-electron chi connectivity index (χ4n) is 2.68. The third-order valence-corrected chi connectivity index (χ3v) is 3.61. The largest absolute Gasteiger partial charge is 0.416 e. The lowest BCUT2D eigenvalue weighted by Gasteiger charge is -2.10. The standard InChI is InChI=1S/C15H7F3N2O/c16-15(17,18)8-5-11-14(21)10-4-2-1-3-9(10)12-7-19-13(6-8)20(11)12/h1-7H. The Hall–Kier alpha value is -2.63. The van der Waals surface area contributed by atoms with Crippen LogP contribution < -0.4 is 5.43 Å². The normalized spacial score (nSPS) is 12.7. The van der Waals surface area contributed by atoms with Gasteiger partial charge in [-0.05, 0) is 12.1 Å². The number of hydrogen-bond acceptors (Lipinski definition) is 2. The van der Waals surface area contributed by atoms with Gasteiger partial charge in [-0.1, -0.05) is 24.3 Å². The molecule has 0 aliphatic heterocycles. The van der Waals surface area contributed by atoms with Crippen LogP contribution in [0.15, 0.2) is 47.4 Å². The van der Waals surface area contributed by atoms with Crippen LogP contribution >= 0.6 is 0 Å². The van der Waals surface area contributed by atoms with Crippen LogP contribution in [0.3, 0.4) is 0 Å². The maximum Gasteiger partial charge on any atom is 0.416 e. The van der Waals surface area contributed by atoms with Gasteiger partial charge in [0.05, 0.1) is 22.8 Å². The number of aromatic nitrogens is 2. The molecule has 0 unspecified atom stereocenters. The van der Waals surface area contributed by atoms with E-state index in [2.05, 4.69) is 4.98 Å². The number of nitrogens with zero attached hydrogens (tertiary/aromatic N) is 2. The van der Waals surface area contributed by atoms with Gasteiger partial charge in [-0.15, -0.1) is 0 Å². The molecule has 0 saturated heterocycles. The summed E-state index contributed by atoms with van der Waals surface area (Å²) in [6.45, 7) is 0. The van der Waals surface area contributed by atoms with E-state index in [0.717, 1.165) is 12.1 Å². The van der Waals surface area contributed by atoms with Crippen molar-refractivity contribution in [2.24, 2.45) is 0 Å². The molecule has 0 saturated carbocycles. The van der Waals surface area contributed by atoms with Crippen molar-refractivity contribution in [3.05, 3.63) is 58.4 Å². The first-order valence-electron chi connectivity index (χ1n) is 6.19. The molecular formula is C15H7F3N2O. The Balaban J connectivity index is 2.32. The Kier molecular flexibility index (Phi) is 2.15. The van der Waals surface area contributed by atoms with Gasteiger partial charge in [0.25, 0.3) is 0 Å². The van der Waals surface area contributed by atoms with Crippen molar-refractivity contribution in [2.45, 2.75) is 6.18 Å². The molecule has 0 amide bonds. The fraction of sp³-hybridized carbons (Fsp3) is 0.0667. The smallest absolute Gasteiger partial charge is 0.289 e. The zero-order valence-electron chi connectivity index (χ0n) is 10.5. The number of halogens is 3. The second kappa shape index (κ2) is 3.72. The Morgan fingerprint density at radius 3 is 2.43 bits per heavy atom. The highest BCUT2D eigenvalue weighted by Gasteiger charge is 2.32. The van der Waals surface area contributed by atoms with E-state index in [1.54, 1.807) is 24.3 Å². The van der Waals surface area contributed by atoms with Gasteiger partial charge < -0.3 is 0 Å². The molecule has 4 rings (SSSR count). The van der Waals surface area contributed by atoms with Crippen LogP contribution in [0.5, 0.6) is 0 Å². The summed E-state index contributed by atoms with van der Waals surface area (Å²) in [4.78, 5) is 16.5. The molecule has 0 aliphatic rings. The summed E-state index contributed by atoms with van der Waals surface area (Å²) < 4.78 is 40.3. The molecule has 6 heteroatoms. The van der Waals surface area contributed by atoms with Crippen molar-refractivity contribution in [3.63, 3.8) is 0 Å². The molecule has 0 radical (unpaired) electrons. The maximum absolute atomic E-state index is 12.9. The SMILES string of the molecule is O=c1c2ccccc2c2cnc3cc(C(F)(F)F)cc1n32. The number of rotatable bonds is 0. The number of hydrogen-bond donors (Lipinski definition) is 0. The van der Waals surface area contributed by atoms with Gasteiger partial charge in [-0.25, -0.2) is 4.98 Å². The lowest BCUT2D eigenvalue weighted by atomic mass is 10.1. The minimum absolute atomic E-state index is 0.00831. The Bertz CT molecular complexity index is 1050. The van der Waals surface area contributed by atoms with Gasteiger partial charge in [0.1, 0.15) is 5.65 Å². The van der Waals surface area contributed by atoms with Crippen molar-refractivity contribution < 1.29 is 13.2 Å². The summed E-state index contributed by atoms with van der Waals surface area (Å²) in [5.41, 5.74) is -0.547. The topological polar surface area (TPSA) is 34.4 Å². The second-order valence-electron chi connectivity index (χ2n) is 4.84. The average Bonchev–Trinajstić information content (AvgIpc) is 2.88. The van der Waals surface area contributed by atoms with Gasteiger partial charge in [0.15, 0.2) is 0 Å². The molecule has 4 aromatic rings. The van der Waals surface area contributed by atoms with Crippen LogP contribution in [-0.2, 0) is 6.18 Å². The first-order chi connectivity index (χ1) is 9.97. The second-order valence-corrected chi connectivity index (χ2v) is 4.84. The number of fused-ring (bicyclic) bond motifs is 2. The number of alkyl halides is 3. The fourth-order valence-corrected chi connectivity index (χ4v) is 2.68. The molecule has 0 aliphatic carbocycles. The average molecular weight is 288 g/mol. The van der Waals surface area contributed by atoms with Crippen molar-refractivity contribution >= 4 is 27.5 Å². The molecule has 21 heavy (non-hydrogen) atoms. The molecule has 3 heterocycles. The van der Waals surface area contributed by atoms with E-state index < -0.39 is 17.2 Å². The van der Waals surface area contributed by atoms with Gasteiger partial charge >= 0.3 is 6.18 Å². The van der Waals surface area contributed by atoms with Crippen molar-refractivity contribution in [1.29, 1.82) is 0 Å². The number of imidazole rings is 1. The molecule has 0 fully saturated rings. The van der Waals surface area contributed by atoms with Crippen LogP contribution in [0, 0.1) is 0 Å². The summed E-state index contributed by atoms with van der Waals surface area (Å²) >= 11 is 0. The van der Waals surface area contributed by atoms with Crippen LogP contribution in [0.2, 0.25) is 0 Å². The molecule has 3 aromatic heterocycles. The first-order valence-corrected chi connectivity index (χ1v) is 6.19. The molecule has 1 aromatic carbocycles. The lowest BCUT2D eigenvalue weighted by Crippen LogP contribution is -2.12. The zero-order chi connectivity index (χ0) is 14.8. The van der Waals surface area contributed by atoms with E-state index in [1.165, 1.54) is 10.6 Å². The van der Waals surface area contributed by atoms with Gasteiger partial charge in [-0.2, -0.15) is 13.2 Å². The Morgan fingerprint density at radius 1 is 1.00 bits per heavy atom. The third kappa shape index (κ3) is 1.55. The molecular weight excluding hydrogens is 281 g/mol. The highest BCUT2D eigenvalue weighted by atomic mass is 19.4. The van der Waals surface area contributed by atoms with Crippen molar-refractivity contribution in [2.75, 3.05) is 0 Å². The van der Waals surface area contributed by atoms with E-state index in [0.29, 0.717) is 16.3 Å². The van der Waals surface area contributed by atoms with E-state index in [-0.39, 0.29) is 11.2 Å². The molecule has 104 valence electrons. The first kappa shape index (κ1) is 12.1. The number of pyridine rings is 2. The molecule has 0 spiro atoms. The molecule has 0 atom stereocenters. The minimum Gasteiger partial charge on any atom is -0.289 e. The highest BCUT2D eigenvalue weighted by molar-refractivity contribution is 6.00. The van der Waals surface area contributed by atoms with E-state index in [4.69, 9.17) is 0 Å². The molecule has 0 N–H and O–H groups in total. The molecule has 0 bridgehead atoms. The van der Waals surface area contributed by atoms with Gasteiger partial charge in [-0.3, -0.25) is 9.20 Å². The van der Waals surface area contributed by atoms with Crippen LogP contribution in [-0.4, -0.2) is 9.38 Å².